The zero-order valence-electron chi connectivity index (χ0n) is 18.1. The Bertz CT molecular complexity index is 1490. The van der Waals surface area contributed by atoms with Crippen LogP contribution in [0, 0.1) is 0 Å². The number of halogens is 1. The molecule has 0 unspecified atom stereocenters. The second kappa shape index (κ2) is 7.46. The van der Waals surface area contributed by atoms with Crippen LogP contribution in [0.2, 0.25) is 5.15 Å². The molecule has 0 aliphatic carbocycles. The molecule has 5 rings (SSSR count). The maximum absolute atomic E-state index is 12.8. The average Bonchev–Trinajstić information content (AvgIpc) is 3.42. The number of hydrogen-bond acceptors (Lipinski definition) is 5. The Morgan fingerprint density at radius 1 is 1.09 bits per heavy atom. The van der Waals surface area contributed by atoms with Crippen LogP contribution in [0.25, 0.3) is 43.6 Å². The number of aromatic nitrogens is 4. The Labute approximate surface area is 194 Å². The summed E-state index contributed by atoms with van der Waals surface area (Å²) in [6, 6.07) is 9.73. The van der Waals surface area contributed by atoms with Gasteiger partial charge in [0.2, 0.25) is 0 Å². The summed E-state index contributed by atoms with van der Waals surface area (Å²) < 4.78 is 9.13. The topological polar surface area (TPSA) is 61.9 Å². The molecule has 0 spiro atoms. The number of fused-ring (bicyclic) bond motifs is 2. The molecule has 1 aromatic carbocycles. The van der Waals surface area contributed by atoms with Crippen LogP contribution in [0.1, 0.15) is 20.8 Å². The summed E-state index contributed by atoms with van der Waals surface area (Å²) in [7, 11) is 1.95. The lowest BCUT2D eigenvalue weighted by atomic mass is 10.1. The molecule has 0 N–H and O–H groups in total. The molecule has 32 heavy (non-hydrogen) atoms. The zero-order valence-corrected chi connectivity index (χ0v) is 19.7. The average molecular weight is 465 g/mol. The highest BCUT2D eigenvalue weighted by atomic mass is 35.5. The number of thiazole rings is 1. The third-order valence-corrected chi connectivity index (χ3v) is 6.31. The van der Waals surface area contributed by atoms with E-state index in [1.54, 1.807) is 10.8 Å². The van der Waals surface area contributed by atoms with Crippen LogP contribution >= 0.6 is 22.9 Å². The van der Waals surface area contributed by atoms with E-state index >= 15 is 0 Å². The van der Waals surface area contributed by atoms with Crippen molar-refractivity contribution in [3.8, 4) is 21.8 Å². The Morgan fingerprint density at radius 3 is 2.66 bits per heavy atom. The van der Waals surface area contributed by atoms with Crippen molar-refractivity contribution in [3.05, 3.63) is 59.5 Å². The molecule has 0 saturated heterocycles. The number of rotatable bonds is 2. The van der Waals surface area contributed by atoms with Crippen molar-refractivity contribution in [2.75, 3.05) is 0 Å². The van der Waals surface area contributed by atoms with Gasteiger partial charge in [-0.3, -0.25) is 4.57 Å². The second-order valence-electron chi connectivity index (χ2n) is 8.60. The standard InChI is InChI=1S/C24H21ClN4O2S/c1-24(2,3)31-23(30)29-12-17(14-7-5-6-8-19(14)29)22-27-18(13-32-22)16-11-28(4)20-15(16)9-10-26-21(20)25/h5-13H,1-4H3. The predicted octanol–water partition coefficient (Wildman–Crippen LogP) is 6.76. The number of carbonyl (C=O) groups excluding carboxylic acids is 1. The number of ether oxygens (including phenoxy) is 1. The van der Waals surface area contributed by atoms with Crippen LogP contribution in [0.3, 0.4) is 0 Å². The molecule has 4 heterocycles. The van der Waals surface area contributed by atoms with E-state index in [4.69, 9.17) is 21.3 Å². The van der Waals surface area contributed by atoms with Crippen LogP contribution in [-0.2, 0) is 11.8 Å². The molecule has 0 fully saturated rings. The summed E-state index contributed by atoms with van der Waals surface area (Å²) in [6.07, 6.45) is 5.12. The van der Waals surface area contributed by atoms with E-state index in [1.807, 2.05) is 80.5 Å². The molecular weight excluding hydrogens is 444 g/mol. The van der Waals surface area contributed by atoms with Crippen LogP contribution in [-0.4, -0.2) is 30.8 Å². The SMILES string of the molecule is Cn1cc(-c2csc(-c3cn(C(=O)OC(C)(C)C)c4ccccc34)n2)c2ccnc(Cl)c21. The van der Waals surface area contributed by atoms with Crippen LogP contribution in [0.4, 0.5) is 4.79 Å². The van der Waals surface area contributed by atoms with Gasteiger partial charge in [-0.15, -0.1) is 11.3 Å². The first-order chi connectivity index (χ1) is 15.2. The molecule has 162 valence electrons. The van der Waals surface area contributed by atoms with Gasteiger partial charge in [0.05, 0.1) is 16.7 Å². The van der Waals surface area contributed by atoms with Gasteiger partial charge in [-0.25, -0.2) is 14.8 Å². The smallest absolute Gasteiger partial charge is 0.419 e. The summed E-state index contributed by atoms with van der Waals surface area (Å²) in [5, 5.41) is 5.27. The van der Waals surface area contributed by atoms with Gasteiger partial charge in [-0.2, -0.15) is 0 Å². The second-order valence-corrected chi connectivity index (χ2v) is 9.82. The third-order valence-electron chi connectivity index (χ3n) is 5.16. The number of pyridine rings is 1. The Kier molecular flexibility index (Phi) is 4.83. The van der Waals surface area contributed by atoms with Crippen molar-refractivity contribution in [1.29, 1.82) is 0 Å². The van der Waals surface area contributed by atoms with E-state index in [-0.39, 0.29) is 0 Å². The Balaban J connectivity index is 1.62. The van der Waals surface area contributed by atoms with Gasteiger partial charge in [-0.05, 0) is 32.9 Å². The molecule has 0 bridgehead atoms. The van der Waals surface area contributed by atoms with Crippen LogP contribution < -0.4 is 0 Å². The zero-order chi connectivity index (χ0) is 22.6. The molecule has 0 radical (unpaired) electrons. The van der Waals surface area contributed by atoms with E-state index in [9.17, 15) is 4.79 Å². The van der Waals surface area contributed by atoms with Gasteiger partial charge in [0.1, 0.15) is 10.6 Å². The molecule has 8 heteroatoms. The molecular formula is C24H21ClN4O2S. The fourth-order valence-corrected chi connectivity index (χ4v) is 4.98. The van der Waals surface area contributed by atoms with E-state index in [0.717, 1.165) is 43.6 Å². The van der Waals surface area contributed by atoms with Crippen molar-refractivity contribution < 1.29 is 9.53 Å². The Morgan fingerprint density at radius 2 is 1.88 bits per heavy atom. The Hall–Kier alpha value is -3.16. The fraction of sp³-hybridized carbons (Fsp3) is 0.208. The van der Waals surface area contributed by atoms with E-state index < -0.39 is 11.7 Å². The molecule has 0 saturated carbocycles. The summed E-state index contributed by atoms with van der Waals surface area (Å²) in [4.78, 5) is 21.9. The van der Waals surface area contributed by atoms with Crippen molar-refractivity contribution in [2.24, 2.45) is 7.05 Å². The van der Waals surface area contributed by atoms with E-state index in [2.05, 4.69) is 4.98 Å². The van der Waals surface area contributed by atoms with Crippen molar-refractivity contribution in [2.45, 2.75) is 26.4 Å². The molecule has 6 nitrogen and oxygen atoms in total. The van der Waals surface area contributed by atoms with Gasteiger partial charge >= 0.3 is 6.09 Å². The highest BCUT2D eigenvalue weighted by molar-refractivity contribution is 7.13. The van der Waals surface area contributed by atoms with Gasteiger partial charge in [0.15, 0.2) is 5.15 Å². The fourth-order valence-electron chi connectivity index (χ4n) is 3.85. The maximum Gasteiger partial charge on any atom is 0.419 e. The molecule has 0 aliphatic heterocycles. The minimum Gasteiger partial charge on any atom is -0.443 e. The quantitative estimate of drug-likeness (QED) is 0.271. The first-order valence-electron chi connectivity index (χ1n) is 10.1. The van der Waals surface area contributed by atoms with Crippen molar-refractivity contribution in [3.63, 3.8) is 0 Å². The van der Waals surface area contributed by atoms with Crippen LogP contribution in [0.15, 0.2) is 54.3 Å². The number of aryl methyl sites for hydroxylation is 1. The van der Waals surface area contributed by atoms with Gasteiger partial charge in [0, 0.05) is 52.9 Å². The van der Waals surface area contributed by atoms with Gasteiger partial charge in [0.25, 0.3) is 0 Å². The lowest BCUT2D eigenvalue weighted by Gasteiger charge is -2.19. The van der Waals surface area contributed by atoms with Crippen LogP contribution in [0.5, 0.6) is 0 Å². The van der Waals surface area contributed by atoms with Gasteiger partial charge < -0.3 is 9.30 Å². The first kappa shape index (κ1) is 20.7. The highest BCUT2D eigenvalue weighted by Crippen LogP contribution is 2.38. The van der Waals surface area contributed by atoms with E-state index in [0.29, 0.717) is 5.15 Å². The lowest BCUT2D eigenvalue weighted by Crippen LogP contribution is -2.26. The summed E-state index contributed by atoms with van der Waals surface area (Å²) in [5.41, 5.74) is 3.82. The first-order valence-corrected chi connectivity index (χ1v) is 11.4. The van der Waals surface area contributed by atoms with Crippen molar-refractivity contribution in [1.82, 2.24) is 19.1 Å². The number of hydrogen-bond donors (Lipinski definition) is 0. The summed E-state index contributed by atoms with van der Waals surface area (Å²) >= 11 is 7.85. The largest absolute Gasteiger partial charge is 0.443 e. The summed E-state index contributed by atoms with van der Waals surface area (Å²) in [6.45, 7) is 5.57. The molecule has 0 aliphatic rings. The number of para-hydroxylation sites is 1. The minimum atomic E-state index is -0.582. The number of carbonyl (C=O) groups is 1. The molecule has 0 amide bonds. The lowest BCUT2D eigenvalue weighted by molar-refractivity contribution is 0.0544. The molecule has 0 atom stereocenters. The number of benzene rings is 1. The molecule has 4 aromatic heterocycles. The van der Waals surface area contributed by atoms with Gasteiger partial charge in [-0.1, -0.05) is 29.8 Å². The molecule has 5 aromatic rings. The normalized spacial score (nSPS) is 12.0. The predicted molar refractivity (Wildman–Crippen MR) is 129 cm³/mol. The third kappa shape index (κ3) is 3.47. The maximum atomic E-state index is 12.8. The van der Waals surface area contributed by atoms with Crippen molar-refractivity contribution >= 4 is 50.8 Å². The summed E-state index contributed by atoms with van der Waals surface area (Å²) in [5.74, 6) is 0. The highest BCUT2D eigenvalue weighted by Gasteiger charge is 2.22. The minimum absolute atomic E-state index is 0.409. The number of nitrogens with zero attached hydrogens (tertiary/aromatic N) is 4. The van der Waals surface area contributed by atoms with E-state index in [1.165, 1.54) is 11.3 Å². The monoisotopic (exact) mass is 464 g/mol.